The average Bonchev–Trinajstić information content (AvgIpc) is 3.29. The van der Waals surface area contributed by atoms with Gasteiger partial charge in [0.15, 0.2) is 10.0 Å². The van der Waals surface area contributed by atoms with Crippen molar-refractivity contribution in [2.45, 2.75) is 38.0 Å². The maximum atomic E-state index is 13.0. The number of amides is 1. The second kappa shape index (κ2) is 9.61. The molecule has 1 saturated heterocycles. The van der Waals surface area contributed by atoms with Crippen LogP contribution in [0.1, 0.15) is 40.7 Å². The monoisotopic (exact) mass is 500 g/mol. The third kappa shape index (κ3) is 4.86. The van der Waals surface area contributed by atoms with E-state index in [9.17, 15) is 23.3 Å². The van der Waals surface area contributed by atoms with Gasteiger partial charge in [-0.3, -0.25) is 20.2 Å². The van der Waals surface area contributed by atoms with E-state index in [0.29, 0.717) is 31.1 Å². The lowest BCUT2D eigenvalue weighted by molar-refractivity contribution is -0.387. The van der Waals surface area contributed by atoms with Gasteiger partial charge in [0.1, 0.15) is 0 Å². The van der Waals surface area contributed by atoms with E-state index < -0.39 is 31.4 Å². The molecule has 4 rings (SSSR count). The van der Waals surface area contributed by atoms with Crippen LogP contribution in [0.3, 0.4) is 0 Å². The SMILES string of the molecule is Cc1ccc(C)c(-c2csc(NC(=O)c3ccc(S(=O)(=O)N4CCCCC4)c([N+](=O)[O-])c3)n2)c1. The number of hydrogen-bond donors (Lipinski definition) is 1. The van der Waals surface area contributed by atoms with Crippen molar-refractivity contribution in [1.82, 2.24) is 9.29 Å². The Hall–Kier alpha value is -3.15. The summed E-state index contributed by atoms with van der Waals surface area (Å²) in [6.07, 6.45) is 2.35. The fourth-order valence-corrected chi connectivity index (χ4v) is 6.26. The van der Waals surface area contributed by atoms with Crippen molar-refractivity contribution < 1.29 is 18.1 Å². The molecule has 0 unspecified atom stereocenters. The Morgan fingerprint density at radius 2 is 1.85 bits per heavy atom. The first kappa shape index (κ1) is 24.0. The minimum absolute atomic E-state index is 0.0206. The highest BCUT2D eigenvalue weighted by Crippen LogP contribution is 2.31. The Labute approximate surface area is 201 Å². The molecule has 0 atom stereocenters. The number of benzene rings is 2. The normalized spacial score (nSPS) is 14.6. The van der Waals surface area contributed by atoms with E-state index in [0.717, 1.165) is 40.9 Å². The number of hydrogen-bond acceptors (Lipinski definition) is 7. The molecule has 0 aliphatic carbocycles. The number of aromatic nitrogens is 1. The predicted octanol–water partition coefficient (Wildman–Crippen LogP) is 4.76. The minimum Gasteiger partial charge on any atom is -0.298 e. The molecule has 1 N–H and O–H groups in total. The highest BCUT2D eigenvalue weighted by atomic mass is 32.2. The summed E-state index contributed by atoms with van der Waals surface area (Å²) in [6, 6.07) is 9.46. The molecule has 1 amide bonds. The molecule has 3 aromatic rings. The molecule has 2 aromatic carbocycles. The average molecular weight is 501 g/mol. The van der Waals surface area contributed by atoms with Crippen LogP contribution in [0.5, 0.6) is 0 Å². The first-order valence-corrected chi connectivity index (χ1v) is 13.1. The molecule has 2 heterocycles. The van der Waals surface area contributed by atoms with E-state index in [-0.39, 0.29) is 5.56 Å². The van der Waals surface area contributed by atoms with Gasteiger partial charge in [0.25, 0.3) is 11.6 Å². The summed E-state index contributed by atoms with van der Waals surface area (Å²) in [7, 11) is -4.02. The molecule has 11 heteroatoms. The largest absolute Gasteiger partial charge is 0.298 e. The van der Waals surface area contributed by atoms with E-state index in [2.05, 4.69) is 10.3 Å². The number of nitro groups is 1. The van der Waals surface area contributed by atoms with Crippen LogP contribution in [-0.4, -0.2) is 41.6 Å². The standard InChI is InChI=1S/C23H24N4O5S2/c1-15-6-7-16(2)18(12-15)19-14-33-23(24-19)25-22(28)17-8-9-21(20(13-17)27(29)30)34(31,32)26-10-4-3-5-11-26/h6-9,12-14H,3-5,10-11H2,1-2H3,(H,24,25,28). The quantitative estimate of drug-likeness (QED) is 0.384. The fourth-order valence-electron chi connectivity index (χ4n) is 3.90. The summed E-state index contributed by atoms with van der Waals surface area (Å²) in [4.78, 5) is 27.8. The van der Waals surface area contributed by atoms with Crippen LogP contribution in [0.15, 0.2) is 46.7 Å². The lowest BCUT2D eigenvalue weighted by Gasteiger charge is -2.25. The summed E-state index contributed by atoms with van der Waals surface area (Å²) < 4.78 is 27.2. The number of piperidine rings is 1. The van der Waals surface area contributed by atoms with Gasteiger partial charge < -0.3 is 0 Å². The molecule has 1 aliphatic heterocycles. The van der Waals surface area contributed by atoms with Gasteiger partial charge in [-0.25, -0.2) is 13.4 Å². The number of nitrogens with zero attached hydrogens (tertiary/aromatic N) is 3. The number of carbonyl (C=O) groups excluding carboxylic acids is 1. The first-order chi connectivity index (χ1) is 16.2. The molecule has 0 radical (unpaired) electrons. The fraction of sp³-hybridized carbons (Fsp3) is 0.304. The van der Waals surface area contributed by atoms with Crippen molar-refractivity contribution in [2.24, 2.45) is 0 Å². The third-order valence-electron chi connectivity index (χ3n) is 5.74. The van der Waals surface area contributed by atoms with Crippen LogP contribution < -0.4 is 5.32 Å². The number of rotatable bonds is 6. The van der Waals surface area contributed by atoms with Gasteiger partial charge in [-0.15, -0.1) is 11.3 Å². The maximum absolute atomic E-state index is 13.0. The van der Waals surface area contributed by atoms with Crippen LogP contribution in [0.25, 0.3) is 11.3 Å². The number of nitrogens with one attached hydrogen (secondary N) is 1. The maximum Gasteiger partial charge on any atom is 0.290 e. The zero-order chi connectivity index (χ0) is 24.5. The number of sulfonamides is 1. The summed E-state index contributed by atoms with van der Waals surface area (Å²) in [5.41, 5.74) is 3.18. The number of carbonyl (C=O) groups is 1. The highest BCUT2D eigenvalue weighted by Gasteiger charge is 2.33. The van der Waals surface area contributed by atoms with Crippen molar-refractivity contribution in [2.75, 3.05) is 18.4 Å². The third-order valence-corrected chi connectivity index (χ3v) is 8.45. The second-order valence-corrected chi connectivity index (χ2v) is 11.0. The van der Waals surface area contributed by atoms with Crippen molar-refractivity contribution in [3.05, 3.63) is 68.6 Å². The molecule has 178 valence electrons. The van der Waals surface area contributed by atoms with E-state index in [1.54, 1.807) is 0 Å². The lowest BCUT2D eigenvalue weighted by Crippen LogP contribution is -2.36. The van der Waals surface area contributed by atoms with Crippen LogP contribution >= 0.6 is 11.3 Å². The Morgan fingerprint density at radius 1 is 1.12 bits per heavy atom. The Bertz CT molecular complexity index is 1360. The summed E-state index contributed by atoms with van der Waals surface area (Å²) >= 11 is 1.24. The Kier molecular flexibility index (Phi) is 6.78. The van der Waals surface area contributed by atoms with Crippen LogP contribution in [0.2, 0.25) is 0 Å². The zero-order valence-corrected chi connectivity index (χ0v) is 20.4. The highest BCUT2D eigenvalue weighted by molar-refractivity contribution is 7.89. The van der Waals surface area contributed by atoms with Crippen LogP contribution in [0, 0.1) is 24.0 Å². The Balaban J connectivity index is 1.59. The van der Waals surface area contributed by atoms with Gasteiger partial charge in [0.05, 0.1) is 10.6 Å². The number of anilines is 1. The molecule has 0 spiro atoms. The molecule has 0 saturated carbocycles. The molecular weight excluding hydrogens is 476 g/mol. The summed E-state index contributed by atoms with van der Waals surface area (Å²) in [5.74, 6) is -0.605. The first-order valence-electron chi connectivity index (χ1n) is 10.8. The van der Waals surface area contributed by atoms with Gasteiger partial charge in [0, 0.05) is 35.7 Å². The molecule has 1 aromatic heterocycles. The van der Waals surface area contributed by atoms with Crippen LogP contribution in [-0.2, 0) is 10.0 Å². The summed E-state index contributed by atoms with van der Waals surface area (Å²) in [5, 5.41) is 16.5. The van der Waals surface area contributed by atoms with E-state index >= 15 is 0 Å². The summed E-state index contributed by atoms with van der Waals surface area (Å²) in [6.45, 7) is 4.62. The van der Waals surface area contributed by atoms with E-state index in [1.807, 2.05) is 37.4 Å². The van der Waals surface area contributed by atoms with Gasteiger partial charge >= 0.3 is 0 Å². The van der Waals surface area contributed by atoms with E-state index in [4.69, 9.17) is 0 Å². The van der Waals surface area contributed by atoms with Gasteiger partial charge in [-0.05, 0) is 50.5 Å². The van der Waals surface area contributed by atoms with E-state index in [1.165, 1.54) is 21.7 Å². The van der Waals surface area contributed by atoms with Crippen LogP contribution in [0.4, 0.5) is 10.8 Å². The van der Waals surface area contributed by atoms with Crippen molar-refractivity contribution >= 4 is 38.1 Å². The molecule has 9 nitrogen and oxygen atoms in total. The van der Waals surface area contributed by atoms with Crippen molar-refractivity contribution in [3.8, 4) is 11.3 Å². The zero-order valence-electron chi connectivity index (χ0n) is 18.8. The molecule has 1 fully saturated rings. The topological polar surface area (TPSA) is 123 Å². The van der Waals surface area contributed by atoms with Gasteiger partial charge in [-0.2, -0.15) is 4.31 Å². The lowest BCUT2D eigenvalue weighted by atomic mass is 10.0. The minimum atomic E-state index is -4.02. The molecular formula is C23H24N4O5S2. The van der Waals surface area contributed by atoms with Crippen molar-refractivity contribution in [3.63, 3.8) is 0 Å². The number of nitro benzene ring substituents is 1. The number of thiazole rings is 1. The number of aryl methyl sites for hydroxylation is 2. The van der Waals surface area contributed by atoms with Gasteiger partial charge in [-0.1, -0.05) is 24.1 Å². The van der Waals surface area contributed by atoms with Gasteiger partial charge in [0.2, 0.25) is 10.0 Å². The Morgan fingerprint density at radius 3 is 2.56 bits per heavy atom. The molecule has 1 aliphatic rings. The predicted molar refractivity (Wildman–Crippen MR) is 131 cm³/mol. The molecule has 0 bridgehead atoms. The smallest absolute Gasteiger partial charge is 0.290 e. The second-order valence-electron chi connectivity index (χ2n) is 8.21. The van der Waals surface area contributed by atoms with Crippen molar-refractivity contribution in [1.29, 1.82) is 0 Å². The molecule has 34 heavy (non-hydrogen) atoms.